The first-order chi connectivity index (χ1) is 16.6. The number of aromatic nitrogens is 2. The SMILES string of the molecule is Cc1ccc(C)c(NC(=O)c2cnn(-c3ccccc3)c2C2CCN(C(=O)OC(C)(C)C)CC2)c1. The van der Waals surface area contributed by atoms with Crippen LogP contribution in [-0.2, 0) is 4.74 Å². The van der Waals surface area contributed by atoms with Crippen molar-refractivity contribution >= 4 is 17.7 Å². The van der Waals surface area contributed by atoms with E-state index >= 15 is 0 Å². The number of piperidine rings is 1. The van der Waals surface area contributed by atoms with Crippen LogP contribution in [0.25, 0.3) is 5.69 Å². The van der Waals surface area contributed by atoms with Gasteiger partial charge in [-0.05, 0) is 76.8 Å². The van der Waals surface area contributed by atoms with E-state index < -0.39 is 5.60 Å². The molecule has 184 valence electrons. The van der Waals surface area contributed by atoms with E-state index in [-0.39, 0.29) is 17.9 Å². The van der Waals surface area contributed by atoms with Crippen molar-refractivity contribution in [1.29, 1.82) is 0 Å². The molecular formula is C28H34N4O3. The second-order valence-electron chi connectivity index (χ2n) is 10.2. The fourth-order valence-electron chi connectivity index (χ4n) is 4.42. The second kappa shape index (κ2) is 9.94. The number of nitrogens with zero attached hydrogens (tertiary/aromatic N) is 3. The van der Waals surface area contributed by atoms with E-state index in [9.17, 15) is 9.59 Å². The molecule has 2 aromatic carbocycles. The number of nitrogens with one attached hydrogen (secondary N) is 1. The van der Waals surface area contributed by atoms with Crippen molar-refractivity contribution in [2.24, 2.45) is 0 Å². The first-order valence-corrected chi connectivity index (χ1v) is 12.1. The van der Waals surface area contributed by atoms with Gasteiger partial charge in [0.25, 0.3) is 5.91 Å². The number of carbonyl (C=O) groups is 2. The van der Waals surface area contributed by atoms with Crippen molar-refractivity contribution in [3.8, 4) is 5.69 Å². The number of carbonyl (C=O) groups excluding carboxylic acids is 2. The number of likely N-dealkylation sites (tertiary alicyclic amines) is 1. The normalized spacial score (nSPS) is 14.6. The van der Waals surface area contributed by atoms with Crippen molar-refractivity contribution < 1.29 is 14.3 Å². The van der Waals surface area contributed by atoms with Crippen LogP contribution in [0.5, 0.6) is 0 Å². The summed E-state index contributed by atoms with van der Waals surface area (Å²) in [7, 11) is 0. The van der Waals surface area contributed by atoms with Gasteiger partial charge in [-0.15, -0.1) is 0 Å². The van der Waals surface area contributed by atoms with Crippen LogP contribution in [0.4, 0.5) is 10.5 Å². The van der Waals surface area contributed by atoms with E-state index in [4.69, 9.17) is 4.74 Å². The van der Waals surface area contributed by atoms with Crippen LogP contribution in [0, 0.1) is 13.8 Å². The van der Waals surface area contributed by atoms with E-state index in [1.54, 1.807) is 11.1 Å². The molecule has 0 bridgehead atoms. The van der Waals surface area contributed by atoms with Crippen molar-refractivity contribution in [3.63, 3.8) is 0 Å². The molecular weight excluding hydrogens is 440 g/mol. The lowest BCUT2D eigenvalue weighted by molar-refractivity contribution is 0.0203. The molecule has 0 spiro atoms. The van der Waals surface area contributed by atoms with Gasteiger partial charge in [0.05, 0.1) is 23.1 Å². The zero-order valence-electron chi connectivity index (χ0n) is 21.2. The highest BCUT2D eigenvalue weighted by molar-refractivity contribution is 6.05. The van der Waals surface area contributed by atoms with Crippen LogP contribution in [0.3, 0.4) is 0 Å². The number of hydrogen-bond acceptors (Lipinski definition) is 4. The molecule has 4 rings (SSSR count). The van der Waals surface area contributed by atoms with E-state index in [0.29, 0.717) is 18.7 Å². The van der Waals surface area contributed by atoms with Crippen molar-refractivity contribution in [3.05, 3.63) is 77.1 Å². The molecule has 3 aromatic rings. The second-order valence-corrected chi connectivity index (χ2v) is 10.2. The smallest absolute Gasteiger partial charge is 0.410 e. The number of hydrogen-bond donors (Lipinski definition) is 1. The van der Waals surface area contributed by atoms with Gasteiger partial charge in [-0.3, -0.25) is 4.79 Å². The molecule has 7 nitrogen and oxygen atoms in total. The summed E-state index contributed by atoms with van der Waals surface area (Å²) in [5.74, 6) is -0.0961. The molecule has 1 aromatic heterocycles. The summed E-state index contributed by atoms with van der Waals surface area (Å²) in [4.78, 5) is 27.8. The van der Waals surface area contributed by atoms with Gasteiger partial charge >= 0.3 is 6.09 Å². The third-order valence-corrected chi connectivity index (χ3v) is 6.23. The largest absolute Gasteiger partial charge is 0.444 e. The Morgan fingerprint density at radius 3 is 2.37 bits per heavy atom. The lowest BCUT2D eigenvalue weighted by Crippen LogP contribution is -2.41. The van der Waals surface area contributed by atoms with Crippen LogP contribution < -0.4 is 5.32 Å². The lowest BCUT2D eigenvalue weighted by Gasteiger charge is -2.34. The predicted octanol–water partition coefficient (Wildman–Crippen LogP) is 5.86. The van der Waals surface area contributed by atoms with Crippen molar-refractivity contribution in [2.75, 3.05) is 18.4 Å². The molecule has 0 radical (unpaired) electrons. The Balaban J connectivity index is 1.61. The van der Waals surface area contributed by atoms with Crippen molar-refractivity contribution in [1.82, 2.24) is 14.7 Å². The van der Waals surface area contributed by atoms with Gasteiger partial charge in [-0.25, -0.2) is 9.48 Å². The van der Waals surface area contributed by atoms with E-state index in [1.165, 1.54) is 0 Å². The molecule has 7 heteroatoms. The summed E-state index contributed by atoms with van der Waals surface area (Å²) in [6.07, 6.45) is 2.81. The standard InChI is InChI=1S/C28H34N4O3/c1-19-11-12-20(2)24(17-19)30-26(33)23-18-29-32(22-9-7-6-8-10-22)25(23)21-13-15-31(16-14-21)27(34)35-28(3,4)5/h6-12,17-18,21H,13-16H2,1-5H3,(H,30,33). The molecule has 0 unspecified atom stereocenters. The summed E-state index contributed by atoms with van der Waals surface area (Å²) in [5.41, 5.74) is 4.70. The summed E-state index contributed by atoms with van der Waals surface area (Å²) in [6.45, 7) is 10.7. The maximum absolute atomic E-state index is 13.5. The summed E-state index contributed by atoms with van der Waals surface area (Å²) < 4.78 is 7.42. The molecule has 0 atom stereocenters. The molecule has 0 aliphatic carbocycles. The fraction of sp³-hybridized carbons (Fsp3) is 0.393. The maximum Gasteiger partial charge on any atom is 0.410 e. The number of para-hydroxylation sites is 1. The first-order valence-electron chi connectivity index (χ1n) is 12.1. The molecule has 2 heterocycles. The summed E-state index contributed by atoms with van der Waals surface area (Å²) in [5, 5.41) is 7.71. The molecule has 35 heavy (non-hydrogen) atoms. The number of rotatable bonds is 4. The highest BCUT2D eigenvalue weighted by Gasteiger charge is 2.32. The minimum Gasteiger partial charge on any atom is -0.444 e. The highest BCUT2D eigenvalue weighted by Crippen LogP contribution is 2.33. The van der Waals surface area contributed by atoms with Gasteiger partial charge < -0.3 is 15.0 Å². The summed E-state index contributed by atoms with van der Waals surface area (Å²) >= 11 is 0. The van der Waals surface area contributed by atoms with Crippen LogP contribution in [-0.4, -0.2) is 45.4 Å². The fourth-order valence-corrected chi connectivity index (χ4v) is 4.42. The Labute approximate surface area is 207 Å². The molecule has 1 fully saturated rings. The molecule has 2 amide bonds. The van der Waals surface area contributed by atoms with E-state index in [2.05, 4.69) is 10.4 Å². The Hall–Kier alpha value is -3.61. The number of anilines is 1. The monoisotopic (exact) mass is 474 g/mol. The Bertz CT molecular complexity index is 1200. The molecule has 1 N–H and O–H groups in total. The zero-order valence-corrected chi connectivity index (χ0v) is 21.2. The number of amides is 2. The van der Waals surface area contributed by atoms with Crippen LogP contribution in [0.15, 0.2) is 54.7 Å². The average Bonchev–Trinajstić information content (AvgIpc) is 3.26. The molecule has 1 saturated heterocycles. The minimum atomic E-state index is -0.529. The predicted molar refractivity (Wildman–Crippen MR) is 137 cm³/mol. The number of benzene rings is 2. The molecule has 1 aliphatic heterocycles. The third-order valence-electron chi connectivity index (χ3n) is 6.23. The van der Waals surface area contributed by atoms with Gasteiger partial charge in [-0.2, -0.15) is 5.10 Å². The quantitative estimate of drug-likeness (QED) is 0.514. The van der Waals surface area contributed by atoms with Crippen molar-refractivity contribution in [2.45, 2.75) is 59.0 Å². The molecule has 1 aliphatic rings. The van der Waals surface area contributed by atoms with Gasteiger partial charge in [0.1, 0.15) is 5.60 Å². The molecule has 0 saturated carbocycles. The highest BCUT2D eigenvalue weighted by atomic mass is 16.6. The first kappa shape index (κ1) is 24.5. The Kier molecular flexibility index (Phi) is 6.96. The van der Waals surface area contributed by atoms with Crippen LogP contribution in [0.1, 0.15) is 66.7 Å². The van der Waals surface area contributed by atoms with Crippen LogP contribution in [0.2, 0.25) is 0 Å². The third kappa shape index (κ3) is 5.73. The van der Waals surface area contributed by atoms with Gasteiger partial charge in [-0.1, -0.05) is 30.3 Å². The van der Waals surface area contributed by atoms with Crippen LogP contribution >= 0.6 is 0 Å². The number of aryl methyl sites for hydroxylation is 2. The topological polar surface area (TPSA) is 76.5 Å². The number of ether oxygens (including phenoxy) is 1. The Morgan fingerprint density at radius 1 is 1.03 bits per heavy atom. The maximum atomic E-state index is 13.5. The minimum absolute atomic E-state index is 0.0794. The van der Waals surface area contributed by atoms with Gasteiger partial charge in [0.15, 0.2) is 0 Å². The average molecular weight is 475 g/mol. The lowest BCUT2D eigenvalue weighted by atomic mass is 9.90. The van der Waals surface area contributed by atoms with E-state index in [0.717, 1.165) is 41.0 Å². The van der Waals surface area contributed by atoms with E-state index in [1.807, 2.05) is 87.8 Å². The summed E-state index contributed by atoms with van der Waals surface area (Å²) in [6, 6.07) is 15.9. The van der Waals surface area contributed by atoms with Gasteiger partial charge in [0, 0.05) is 24.7 Å². The zero-order chi connectivity index (χ0) is 25.2. The Morgan fingerprint density at radius 2 is 1.71 bits per heavy atom. The van der Waals surface area contributed by atoms with Gasteiger partial charge in [0.2, 0.25) is 0 Å².